The number of sulfonamides is 1. The number of aliphatic hydroxyl groups excluding tert-OH is 1. The zero-order valence-electron chi connectivity index (χ0n) is 10.8. The second-order valence-electron chi connectivity index (χ2n) is 4.88. The lowest BCUT2D eigenvalue weighted by atomic mass is 10.2. The molecule has 6 heteroatoms. The highest BCUT2D eigenvalue weighted by atomic mass is 35.5. The Bertz CT molecular complexity index is 553. The lowest BCUT2D eigenvalue weighted by molar-refractivity contribution is 0.281. The second-order valence-corrected chi connectivity index (χ2v) is 7.26. The van der Waals surface area contributed by atoms with Crippen molar-refractivity contribution in [3.05, 3.63) is 28.8 Å². The predicted octanol–water partition coefficient (Wildman–Crippen LogP) is 2.40. The van der Waals surface area contributed by atoms with Crippen molar-refractivity contribution in [2.75, 3.05) is 7.05 Å². The van der Waals surface area contributed by atoms with E-state index in [2.05, 4.69) is 0 Å². The predicted molar refractivity (Wildman–Crippen MR) is 74.6 cm³/mol. The molecule has 0 bridgehead atoms. The number of hydrogen-bond donors (Lipinski definition) is 1. The number of halogens is 1. The van der Waals surface area contributed by atoms with Gasteiger partial charge in [0.25, 0.3) is 0 Å². The summed E-state index contributed by atoms with van der Waals surface area (Å²) in [5.41, 5.74) is 0.544. The van der Waals surface area contributed by atoms with Crippen molar-refractivity contribution in [1.29, 1.82) is 0 Å². The Hall–Kier alpha value is -0.620. The summed E-state index contributed by atoms with van der Waals surface area (Å²) in [5, 5.41) is 9.31. The van der Waals surface area contributed by atoms with Crippen LogP contribution in [0, 0.1) is 0 Å². The number of benzene rings is 1. The summed E-state index contributed by atoms with van der Waals surface area (Å²) in [6.45, 7) is -0.202. The Kier molecular flexibility index (Phi) is 4.50. The molecule has 0 spiro atoms. The number of nitrogens with zero attached hydrogens (tertiary/aromatic N) is 1. The van der Waals surface area contributed by atoms with Gasteiger partial charge in [-0.3, -0.25) is 0 Å². The van der Waals surface area contributed by atoms with Crippen LogP contribution in [0.25, 0.3) is 0 Å². The average Bonchev–Trinajstić information content (AvgIpc) is 2.92. The van der Waals surface area contributed by atoms with Gasteiger partial charge in [-0.05, 0) is 30.5 Å². The topological polar surface area (TPSA) is 57.6 Å². The van der Waals surface area contributed by atoms with Gasteiger partial charge in [0.05, 0.1) is 11.6 Å². The van der Waals surface area contributed by atoms with Crippen LogP contribution in [0.15, 0.2) is 23.1 Å². The maximum absolute atomic E-state index is 12.6. The minimum Gasteiger partial charge on any atom is -0.392 e. The lowest BCUT2D eigenvalue weighted by Crippen LogP contribution is -2.35. The van der Waals surface area contributed by atoms with Crippen molar-refractivity contribution in [2.45, 2.75) is 43.2 Å². The molecule has 106 valence electrons. The third kappa shape index (κ3) is 2.94. The van der Waals surface area contributed by atoms with Gasteiger partial charge in [-0.2, -0.15) is 4.31 Å². The third-order valence-electron chi connectivity index (χ3n) is 3.67. The van der Waals surface area contributed by atoms with Gasteiger partial charge in [-0.25, -0.2) is 8.42 Å². The summed E-state index contributed by atoms with van der Waals surface area (Å²) < 4.78 is 26.6. The molecular formula is C13H18ClNO3S. The highest BCUT2D eigenvalue weighted by molar-refractivity contribution is 7.89. The zero-order valence-corrected chi connectivity index (χ0v) is 12.4. The Balaban J connectivity index is 2.38. The number of hydrogen-bond acceptors (Lipinski definition) is 3. The molecule has 0 aromatic heterocycles. The molecule has 1 aliphatic carbocycles. The molecule has 1 N–H and O–H groups in total. The molecule has 1 saturated carbocycles. The molecule has 0 amide bonds. The molecule has 0 aliphatic heterocycles. The fourth-order valence-corrected chi connectivity index (χ4v) is 4.40. The SMILES string of the molecule is CN(C1CCCC1)S(=O)(=O)c1cc(CO)ccc1Cl. The second kappa shape index (κ2) is 5.79. The van der Waals surface area contributed by atoms with Gasteiger partial charge >= 0.3 is 0 Å². The van der Waals surface area contributed by atoms with Crippen molar-refractivity contribution in [1.82, 2.24) is 4.31 Å². The van der Waals surface area contributed by atoms with E-state index in [0.29, 0.717) is 5.56 Å². The fourth-order valence-electron chi connectivity index (χ4n) is 2.46. The van der Waals surface area contributed by atoms with E-state index in [1.807, 2.05) is 0 Å². The molecule has 0 heterocycles. The van der Waals surface area contributed by atoms with Crippen molar-refractivity contribution in [2.24, 2.45) is 0 Å². The largest absolute Gasteiger partial charge is 0.392 e. The lowest BCUT2D eigenvalue weighted by Gasteiger charge is -2.24. The van der Waals surface area contributed by atoms with Crippen molar-refractivity contribution in [3.8, 4) is 0 Å². The molecule has 0 radical (unpaired) electrons. The van der Waals surface area contributed by atoms with Crippen molar-refractivity contribution in [3.63, 3.8) is 0 Å². The van der Waals surface area contributed by atoms with Crippen LogP contribution in [0.4, 0.5) is 0 Å². The van der Waals surface area contributed by atoms with Gasteiger partial charge in [0.2, 0.25) is 10.0 Å². The van der Waals surface area contributed by atoms with Crippen LogP contribution in [0.3, 0.4) is 0 Å². The first-order chi connectivity index (χ1) is 8.96. The quantitative estimate of drug-likeness (QED) is 0.929. The van der Waals surface area contributed by atoms with Crippen LogP contribution in [-0.4, -0.2) is 30.9 Å². The van der Waals surface area contributed by atoms with Gasteiger partial charge < -0.3 is 5.11 Å². The Morgan fingerprint density at radius 2 is 2.00 bits per heavy atom. The van der Waals surface area contributed by atoms with Crippen molar-refractivity contribution >= 4 is 21.6 Å². The van der Waals surface area contributed by atoms with E-state index in [0.717, 1.165) is 25.7 Å². The van der Waals surface area contributed by atoms with Crippen molar-refractivity contribution < 1.29 is 13.5 Å². The number of aliphatic hydroxyl groups is 1. The molecule has 0 atom stereocenters. The van der Waals surface area contributed by atoms with Gasteiger partial charge in [-0.15, -0.1) is 0 Å². The van der Waals surface area contributed by atoms with Gasteiger partial charge in [0.1, 0.15) is 4.90 Å². The summed E-state index contributed by atoms with van der Waals surface area (Å²) in [4.78, 5) is 0.0788. The van der Waals surface area contributed by atoms with Crippen LogP contribution in [0.1, 0.15) is 31.2 Å². The zero-order chi connectivity index (χ0) is 14.0. The minimum absolute atomic E-state index is 0.0545. The number of rotatable bonds is 4. The third-order valence-corrected chi connectivity index (χ3v) is 6.07. The normalized spacial score (nSPS) is 17.3. The van der Waals surface area contributed by atoms with E-state index < -0.39 is 10.0 Å². The van der Waals surface area contributed by atoms with E-state index in [1.165, 1.54) is 16.4 Å². The van der Waals surface area contributed by atoms with Gasteiger partial charge in [-0.1, -0.05) is 30.5 Å². The molecule has 19 heavy (non-hydrogen) atoms. The maximum atomic E-state index is 12.6. The standard InChI is InChI=1S/C13H18ClNO3S/c1-15(11-4-2-3-5-11)19(17,18)13-8-10(9-16)6-7-12(13)14/h6-8,11,16H,2-5,9H2,1H3. The van der Waals surface area contributed by atoms with E-state index in [1.54, 1.807) is 13.1 Å². The van der Waals surface area contributed by atoms with Gasteiger partial charge in [0.15, 0.2) is 0 Å². The minimum atomic E-state index is -3.60. The fraction of sp³-hybridized carbons (Fsp3) is 0.538. The first kappa shape index (κ1) is 14.8. The molecule has 1 aliphatic rings. The summed E-state index contributed by atoms with van der Waals surface area (Å²) in [7, 11) is -1.99. The average molecular weight is 304 g/mol. The molecule has 2 rings (SSSR count). The monoisotopic (exact) mass is 303 g/mol. The summed E-state index contributed by atoms with van der Waals surface area (Å²) in [5.74, 6) is 0. The first-order valence-electron chi connectivity index (χ1n) is 6.34. The molecular weight excluding hydrogens is 286 g/mol. The summed E-state index contributed by atoms with van der Waals surface area (Å²) in [6.07, 6.45) is 3.92. The molecule has 1 aromatic rings. The van der Waals surface area contributed by atoms with Crippen LogP contribution in [-0.2, 0) is 16.6 Å². The molecule has 0 unspecified atom stereocenters. The molecule has 4 nitrogen and oxygen atoms in total. The van der Waals surface area contributed by atoms with E-state index in [9.17, 15) is 8.42 Å². The Morgan fingerprint density at radius 1 is 1.37 bits per heavy atom. The molecule has 0 saturated heterocycles. The summed E-state index contributed by atoms with van der Waals surface area (Å²) in [6, 6.07) is 4.64. The highest BCUT2D eigenvalue weighted by Crippen LogP contribution is 2.30. The Labute approximate surface area is 119 Å². The van der Waals surface area contributed by atoms with Crippen LogP contribution >= 0.6 is 11.6 Å². The van der Waals surface area contributed by atoms with E-state index in [4.69, 9.17) is 16.7 Å². The van der Waals surface area contributed by atoms with E-state index >= 15 is 0 Å². The van der Waals surface area contributed by atoms with Gasteiger partial charge in [0, 0.05) is 13.1 Å². The van der Waals surface area contributed by atoms with E-state index in [-0.39, 0.29) is 22.6 Å². The maximum Gasteiger partial charge on any atom is 0.244 e. The molecule has 1 fully saturated rings. The van der Waals surface area contributed by atoms with Crippen LogP contribution < -0.4 is 0 Å². The van der Waals surface area contributed by atoms with Crippen LogP contribution in [0.2, 0.25) is 5.02 Å². The Morgan fingerprint density at radius 3 is 2.58 bits per heavy atom. The first-order valence-corrected chi connectivity index (χ1v) is 8.16. The molecule has 1 aromatic carbocycles. The summed E-state index contributed by atoms with van der Waals surface area (Å²) >= 11 is 6.00. The smallest absolute Gasteiger partial charge is 0.244 e. The highest BCUT2D eigenvalue weighted by Gasteiger charge is 2.31. The van der Waals surface area contributed by atoms with Crippen LogP contribution in [0.5, 0.6) is 0 Å².